The third kappa shape index (κ3) is 5.35. The van der Waals surface area contributed by atoms with Crippen molar-refractivity contribution in [1.29, 1.82) is 0 Å². The summed E-state index contributed by atoms with van der Waals surface area (Å²) in [5.74, 6) is -0.190. The van der Waals surface area contributed by atoms with E-state index in [1.165, 1.54) is 23.1 Å². The van der Waals surface area contributed by atoms with Gasteiger partial charge in [0.2, 0.25) is 5.91 Å². The number of nitrogens with zero attached hydrogens (tertiary/aromatic N) is 1. The molecule has 1 amide bonds. The Kier molecular flexibility index (Phi) is 7.21. The summed E-state index contributed by atoms with van der Waals surface area (Å²) in [6.07, 6.45) is 0. The van der Waals surface area contributed by atoms with E-state index in [9.17, 15) is 9.59 Å². The van der Waals surface area contributed by atoms with Crippen LogP contribution in [0.15, 0.2) is 42.5 Å². The summed E-state index contributed by atoms with van der Waals surface area (Å²) >= 11 is 0. The van der Waals surface area contributed by atoms with E-state index in [0.29, 0.717) is 6.61 Å². The fourth-order valence-corrected chi connectivity index (χ4v) is 3.14. The lowest BCUT2D eigenvalue weighted by atomic mass is 9.99. The molecule has 0 aliphatic rings. The number of carbonyl (C=O) groups is 2. The van der Waals surface area contributed by atoms with Crippen LogP contribution < -0.4 is 4.74 Å². The van der Waals surface area contributed by atoms with E-state index in [4.69, 9.17) is 9.47 Å². The van der Waals surface area contributed by atoms with Crippen LogP contribution in [0.2, 0.25) is 0 Å². The van der Waals surface area contributed by atoms with Crippen LogP contribution in [0, 0.1) is 13.8 Å². The normalized spacial score (nSPS) is 12.8. The number of rotatable bonds is 7. The second kappa shape index (κ2) is 9.40. The highest BCUT2D eigenvalue weighted by molar-refractivity contribution is 5.88. The van der Waals surface area contributed by atoms with Crippen LogP contribution in [0.25, 0.3) is 0 Å². The molecule has 28 heavy (non-hydrogen) atoms. The number of amides is 1. The molecule has 2 rings (SSSR count). The average molecular weight is 383 g/mol. The molecular formula is C23H29NO4. The first-order valence-corrected chi connectivity index (χ1v) is 9.37. The minimum atomic E-state index is -0.625. The van der Waals surface area contributed by atoms with Crippen molar-refractivity contribution in [3.05, 3.63) is 64.7 Å². The number of carbonyl (C=O) groups excluding carboxylic acids is 2. The van der Waals surface area contributed by atoms with E-state index in [2.05, 4.69) is 32.0 Å². The predicted molar refractivity (Wildman–Crippen MR) is 109 cm³/mol. The van der Waals surface area contributed by atoms with Crippen molar-refractivity contribution in [2.75, 3.05) is 14.2 Å². The largest absolute Gasteiger partial charge is 0.489 e. The van der Waals surface area contributed by atoms with Crippen molar-refractivity contribution in [3.8, 4) is 5.75 Å². The van der Waals surface area contributed by atoms with Crippen LogP contribution >= 0.6 is 0 Å². The summed E-state index contributed by atoms with van der Waals surface area (Å²) in [5, 5.41) is 0. The van der Waals surface area contributed by atoms with Gasteiger partial charge in [0.15, 0.2) is 0 Å². The molecule has 2 aromatic carbocycles. The molecule has 0 unspecified atom stereocenters. The summed E-state index contributed by atoms with van der Waals surface area (Å²) in [6, 6.07) is 13.2. The van der Waals surface area contributed by atoms with Crippen LogP contribution in [0.1, 0.15) is 42.0 Å². The van der Waals surface area contributed by atoms with Crippen LogP contribution in [-0.2, 0) is 20.9 Å². The lowest BCUT2D eigenvalue weighted by molar-refractivity contribution is -0.151. The highest BCUT2D eigenvalue weighted by Gasteiger charge is 2.27. The molecule has 0 aliphatic carbocycles. The van der Waals surface area contributed by atoms with Gasteiger partial charge >= 0.3 is 5.97 Å². The molecule has 5 heteroatoms. The molecule has 2 atom stereocenters. The molecule has 0 heterocycles. The van der Waals surface area contributed by atoms with Crippen molar-refractivity contribution in [1.82, 2.24) is 4.90 Å². The maximum Gasteiger partial charge on any atom is 0.328 e. The minimum absolute atomic E-state index is 0.137. The molecule has 0 saturated heterocycles. The highest BCUT2D eigenvalue weighted by atomic mass is 16.5. The van der Waals surface area contributed by atoms with E-state index in [0.717, 1.165) is 16.9 Å². The fourth-order valence-electron chi connectivity index (χ4n) is 3.14. The van der Waals surface area contributed by atoms with E-state index in [1.54, 1.807) is 14.0 Å². The molecule has 5 nitrogen and oxygen atoms in total. The van der Waals surface area contributed by atoms with Gasteiger partial charge in [-0.05, 0) is 51.0 Å². The molecule has 0 fully saturated rings. The summed E-state index contributed by atoms with van der Waals surface area (Å²) in [4.78, 5) is 25.7. The zero-order valence-corrected chi connectivity index (χ0v) is 17.5. The van der Waals surface area contributed by atoms with Crippen LogP contribution in [0.5, 0.6) is 5.75 Å². The van der Waals surface area contributed by atoms with Gasteiger partial charge in [0.05, 0.1) is 13.0 Å². The second-order valence-corrected chi connectivity index (χ2v) is 7.22. The molecule has 0 spiro atoms. The number of methoxy groups -OCH3 is 1. The minimum Gasteiger partial charge on any atom is -0.489 e. The molecule has 0 saturated carbocycles. The SMILES string of the molecule is COC(=O)[C@H](C)N(C)C(=O)[C@H](C)c1ccc(OCc2cc(C)cc(C)c2)cc1. The summed E-state index contributed by atoms with van der Waals surface area (Å²) in [5.41, 5.74) is 4.43. The fraction of sp³-hybridized carbons (Fsp3) is 0.391. The van der Waals surface area contributed by atoms with E-state index < -0.39 is 12.0 Å². The maximum absolute atomic E-state index is 12.7. The van der Waals surface area contributed by atoms with Gasteiger partial charge < -0.3 is 14.4 Å². The van der Waals surface area contributed by atoms with Crippen molar-refractivity contribution in [2.24, 2.45) is 0 Å². The maximum atomic E-state index is 12.7. The Bertz CT molecular complexity index is 809. The Morgan fingerprint density at radius 2 is 1.57 bits per heavy atom. The molecule has 150 valence electrons. The number of likely N-dealkylation sites (N-methyl/N-ethyl adjacent to an activating group) is 1. The number of hydrogen-bond donors (Lipinski definition) is 0. The Hall–Kier alpha value is -2.82. The van der Waals surface area contributed by atoms with Gasteiger partial charge in [0.1, 0.15) is 18.4 Å². The number of ether oxygens (including phenoxy) is 2. The molecule has 2 aromatic rings. The van der Waals surface area contributed by atoms with Crippen molar-refractivity contribution < 1.29 is 19.1 Å². The standard InChI is InChI=1S/C23H29NO4/c1-15-11-16(2)13-19(12-15)14-28-21-9-7-20(8-10-21)17(3)22(25)24(5)18(4)23(26)27-6/h7-13,17-18H,14H2,1-6H3/t17-,18+/m1/s1. The van der Waals surface area contributed by atoms with Gasteiger partial charge in [-0.15, -0.1) is 0 Å². The molecular weight excluding hydrogens is 354 g/mol. The number of aryl methyl sites for hydroxylation is 2. The van der Waals surface area contributed by atoms with Gasteiger partial charge in [-0.1, -0.05) is 41.5 Å². The van der Waals surface area contributed by atoms with Crippen LogP contribution in [-0.4, -0.2) is 37.0 Å². The first-order valence-electron chi connectivity index (χ1n) is 9.37. The van der Waals surface area contributed by atoms with Crippen LogP contribution in [0.3, 0.4) is 0 Å². The Morgan fingerprint density at radius 3 is 2.11 bits per heavy atom. The van der Waals surface area contributed by atoms with Crippen LogP contribution in [0.4, 0.5) is 0 Å². The Balaban J connectivity index is 2.00. The van der Waals surface area contributed by atoms with Crippen molar-refractivity contribution in [3.63, 3.8) is 0 Å². The summed E-state index contributed by atoms with van der Waals surface area (Å²) < 4.78 is 10.6. The molecule has 0 aliphatic heterocycles. The third-order valence-corrected chi connectivity index (χ3v) is 4.91. The van der Waals surface area contributed by atoms with Gasteiger partial charge in [-0.25, -0.2) is 4.79 Å². The smallest absolute Gasteiger partial charge is 0.328 e. The average Bonchev–Trinajstić information content (AvgIpc) is 2.69. The lowest BCUT2D eigenvalue weighted by Crippen LogP contribution is -2.42. The lowest BCUT2D eigenvalue weighted by Gasteiger charge is -2.26. The van der Waals surface area contributed by atoms with Gasteiger partial charge in [-0.2, -0.15) is 0 Å². The Labute approximate surface area is 167 Å². The number of benzene rings is 2. The van der Waals surface area contributed by atoms with Crippen molar-refractivity contribution >= 4 is 11.9 Å². The zero-order valence-electron chi connectivity index (χ0n) is 17.5. The predicted octanol–water partition coefficient (Wildman–Crippen LogP) is 4.01. The number of hydrogen-bond acceptors (Lipinski definition) is 4. The highest BCUT2D eigenvalue weighted by Crippen LogP contribution is 2.22. The molecule has 0 N–H and O–H groups in total. The first-order chi connectivity index (χ1) is 13.2. The third-order valence-electron chi connectivity index (χ3n) is 4.91. The quantitative estimate of drug-likeness (QED) is 0.678. The molecule has 0 radical (unpaired) electrons. The van der Waals surface area contributed by atoms with E-state index in [-0.39, 0.29) is 11.8 Å². The first kappa shape index (κ1) is 21.5. The summed E-state index contributed by atoms with van der Waals surface area (Å²) in [7, 11) is 2.93. The van der Waals surface area contributed by atoms with Gasteiger partial charge in [-0.3, -0.25) is 4.79 Å². The van der Waals surface area contributed by atoms with Gasteiger partial charge in [0.25, 0.3) is 0 Å². The topological polar surface area (TPSA) is 55.8 Å². The summed E-state index contributed by atoms with van der Waals surface area (Å²) in [6.45, 7) is 8.12. The van der Waals surface area contributed by atoms with Gasteiger partial charge in [0, 0.05) is 7.05 Å². The number of esters is 1. The molecule has 0 bridgehead atoms. The van der Waals surface area contributed by atoms with E-state index >= 15 is 0 Å². The van der Waals surface area contributed by atoms with E-state index in [1.807, 2.05) is 31.2 Å². The second-order valence-electron chi connectivity index (χ2n) is 7.22. The zero-order chi connectivity index (χ0) is 20.8. The monoisotopic (exact) mass is 383 g/mol. The Morgan fingerprint density at radius 1 is 1.00 bits per heavy atom. The van der Waals surface area contributed by atoms with Crippen molar-refractivity contribution in [2.45, 2.75) is 46.3 Å². The molecule has 0 aromatic heterocycles.